The molecule has 1 aromatic rings. The molecule has 154 valence electrons. The zero-order chi connectivity index (χ0) is 21.2. The minimum Gasteiger partial charge on any atom is -0.489 e. The standard InChI is InChI=1S/C26H40OSi/c1-10-17-27-24-22(26(11-2,12-3)21-15-13-14-16-21)18-20(4)19-23(24)28(8,9)25(5,6)7/h10,13,15-16,18-19H,1,11-12,14,17H2,2-9H3. The van der Waals surface area contributed by atoms with E-state index in [1.165, 1.54) is 21.9 Å². The molecule has 0 saturated carbocycles. The van der Waals surface area contributed by atoms with Gasteiger partial charge in [0.25, 0.3) is 0 Å². The average Bonchev–Trinajstić information content (AvgIpc) is 3.16. The Labute approximate surface area is 174 Å². The summed E-state index contributed by atoms with van der Waals surface area (Å²) in [5.74, 6) is 1.13. The van der Waals surface area contributed by atoms with Crippen molar-refractivity contribution in [3.63, 3.8) is 0 Å². The van der Waals surface area contributed by atoms with Gasteiger partial charge in [0, 0.05) is 11.0 Å². The van der Waals surface area contributed by atoms with E-state index in [0.717, 1.165) is 25.0 Å². The molecule has 0 aromatic heterocycles. The molecule has 0 amide bonds. The van der Waals surface area contributed by atoms with Crippen LogP contribution < -0.4 is 9.92 Å². The van der Waals surface area contributed by atoms with Crippen LogP contribution in [-0.2, 0) is 5.41 Å². The van der Waals surface area contributed by atoms with Gasteiger partial charge >= 0.3 is 0 Å². The number of ether oxygens (including phenoxy) is 1. The molecule has 0 bridgehead atoms. The fourth-order valence-electron chi connectivity index (χ4n) is 4.30. The molecule has 0 fully saturated rings. The normalized spacial score (nSPS) is 14.9. The molecule has 0 unspecified atom stereocenters. The Hall–Kier alpha value is -1.54. The predicted molar refractivity (Wildman–Crippen MR) is 128 cm³/mol. The third-order valence-electron chi connectivity index (χ3n) is 7.17. The first-order valence-corrected chi connectivity index (χ1v) is 13.8. The van der Waals surface area contributed by atoms with Gasteiger partial charge in [0.1, 0.15) is 12.4 Å². The van der Waals surface area contributed by atoms with Gasteiger partial charge in [-0.1, -0.05) is 96.3 Å². The number of hydrogen-bond donors (Lipinski definition) is 0. The molecule has 28 heavy (non-hydrogen) atoms. The molecule has 0 radical (unpaired) electrons. The van der Waals surface area contributed by atoms with Gasteiger partial charge < -0.3 is 4.74 Å². The molecule has 0 N–H and O–H groups in total. The van der Waals surface area contributed by atoms with Gasteiger partial charge in [-0.25, -0.2) is 0 Å². The van der Waals surface area contributed by atoms with Crippen molar-refractivity contribution in [1.82, 2.24) is 0 Å². The van der Waals surface area contributed by atoms with Crippen molar-refractivity contribution >= 4 is 13.3 Å². The van der Waals surface area contributed by atoms with Crippen LogP contribution in [0.15, 0.2) is 48.6 Å². The number of rotatable bonds is 8. The molecule has 0 saturated heterocycles. The highest BCUT2D eigenvalue weighted by atomic mass is 28.3. The zero-order valence-electron chi connectivity index (χ0n) is 19.4. The first kappa shape index (κ1) is 22.7. The van der Waals surface area contributed by atoms with E-state index >= 15 is 0 Å². The maximum atomic E-state index is 6.49. The number of benzene rings is 1. The maximum Gasteiger partial charge on any atom is 0.123 e. The van der Waals surface area contributed by atoms with E-state index in [4.69, 9.17) is 4.74 Å². The van der Waals surface area contributed by atoms with E-state index < -0.39 is 8.07 Å². The summed E-state index contributed by atoms with van der Waals surface area (Å²) in [4.78, 5) is 0. The van der Waals surface area contributed by atoms with Crippen molar-refractivity contribution in [3.8, 4) is 5.75 Å². The van der Waals surface area contributed by atoms with Crippen LogP contribution in [0.1, 0.15) is 65.0 Å². The largest absolute Gasteiger partial charge is 0.489 e. The number of allylic oxidation sites excluding steroid dienone is 4. The van der Waals surface area contributed by atoms with Crippen LogP contribution in [0.25, 0.3) is 0 Å². The first-order valence-electron chi connectivity index (χ1n) is 10.8. The molecule has 0 aliphatic heterocycles. The second kappa shape index (κ2) is 8.45. The van der Waals surface area contributed by atoms with Crippen molar-refractivity contribution in [2.75, 3.05) is 6.61 Å². The van der Waals surface area contributed by atoms with Crippen LogP contribution in [0, 0.1) is 6.92 Å². The molecule has 2 heteroatoms. The quantitative estimate of drug-likeness (QED) is 0.333. The summed E-state index contributed by atoms with van der Waals surface area (Å²) in [6.45, 7) is 23.5. The summed E-state index contributed by atoms with van der Waals surface area (Å²) in [5.41, 5.74) is 4.17. The average molecular weight is 397 g/mol. The van der Waals surface area contributed by atoms with Crippen molar-refractivity contribution in [1.29, 1.82) is 0 Å². The van der Waals surface area contributed by atoms with Crippen LogP contribution in [0.5, 0.6) is 5.75 Å². The topological polar surface area (TPSA) is 9.23 Å². The van der Waals surface area contributed by atoms with Gasteiger partial charge in [0.15, 0.2) is 0 Å². The van der Waals surface area contributed by atoms with E-state index in [1.807, 2.05) is 6.08 Å². The summed E-state index contributed by atoms with van der Waals surface area (Å²) in [5, 5.41) is 1.70. The highest BCUT2D eigenvalue weighted by molar-refractivity contribution is 6.92. The van der Waals surface area contributed by atoms with Crippen molar-refractivity contribution in [2.24, 2.45) is 0 Å². The van der Waals surface area contributed by atoms with Crippen LogP contribution in [0.4, 0.5) is 0 Å². The lowest BCUT2D eigenvalue weighted by Gasteiger charge is -2.41. The molecule has 0 atom stereocenters. The molecule has 1 aliphatic rings. The molecule has 1 aliphatic carbocycles. The first-order chi connectivity index (χ1) is 13.0. The number of aryl methyl sites for hydroxylation is 1. The Morgan fingerprint density at radius 2 is 1.79 bits per heavy atom. The molecule has 2 rings (SSSR count). The van der Waals surface area contributed by atoms with Crippen LogP contribution in [-0.4, -0.2) is 14.7 Å². The lowest BCUT2D eigenvalue weighted by molar-refractivity contribution is 0.347. The highest BCUT2D eigenvalue weighted by Crippen LogP contribution is 2.47. The van der Waals surface area contributed by atoms with Gasteiger partial charge in [0.05, 0.1) is 8.07 Å². The second-order valence-electron chi connectivity index (χ2n) is 9.75. The summed E-state index contributed by atoms with van der Waals surface area (Å²) < 4.78 is 6.49. The monoisotopic (exact) mass is 396 g/mol. The smallest absolute Gasteiger partial charge is 0.123 e. The third-order valence-corrected chi connectivity index (χ3v) is 12.6. The summed E-state index contributed by atoms with van der Waals surface area (Å²) in [6.07, 6.45) is 12.1. The zero-order valence-corrected chi connectivity index (χ0v) is 20.4. The Morgan fingerprint density at radius 3 is 2.25 bits per heavy atom. The Kier molecular flexibility index (Phi) is 6.86. The highest BCUT2D eigenvalue weighted by Gasteiger charge is 2.42. The molecule has 1 aromatic carbocycles. The molecule has 0 spiro atoms. The van der Waals surface area contributed by atoms with Gasteiger partial charge in [-0.05, 0) is 42.0 Å². The van der Waals surface area contributed by atoms with E-state index in [9.17, 15) is 0 Å². The molecule has 0 heterocycles. The maximum absolute atomic E-state index is 6.49. The Morgan fingerprint density at radius 1 is 1.14 bits per heavy atom. The third kappa shape index (κ3) is 3.94. The van der Waals surface area contributed by atoms with Gasteiger partial charge in [0.2, 0.25) is 0 Å². The lowest BCUT2D eigenvalue weighted by atomic mass is 9.69. The summed E-state index contributed by atoms with van der Waals surface area (Å²) in [6, 6.07) is 4.78. The lowest BCUT2D eigenvalue weighted by Crippen LogP contribution is -2.51. The molecular formula is C26H40OSi. The van der Waals surface area contributed by atoms with E-state index in [2.05, 4.69) is 91.6 Å². The van der Waals surface area contributed by atoms with Crippen molar-refractivity contribution in [3.05, 3.63) is 59.7 Å². The Bertz CT molecular complexity index is 770. The second-order valence-corrected chi connectivity index (χ2v) is 15.0. The molecule has 1 nitrogen and oxygen atoms in total. The van der Waals surface area contributed by atoms with E-state index in [0.29, 0.717) is 6.61 Å². The summed E-state index contributed by atoms with van der Waals surface area (Å²) in [7, 11) is -1.78. The summed E-state index contributed by atoms with van der Waals surface area (Å²) >= 11 is 0. The fraction of sp³-hybridized carbons (Fsp3) is 0.538. The van der Waals surface area contributed by atoms with Crippen LogP contribution in [0.3, 0.4) is 0 Å². The minimum atomic E-state index is -1.78. The van der Waals surface area contributed by atoms with Crippen molar-refractivity contribution < 1.29 is 4.74 Å². The molecular weight excluding hydrogens is 356 g/mol. The minimum absolute atomic E-state index is 0.00658. The number of hydrogen-bond acceptors (Lipinski definition) is 1. The van der Waals surface area contributed by atoms with Gasteiger partial charge in [-0.2, -0.15) is 0 Å². The SMILES string of the molecule is C=CCOc1c(C(CC)(CC)C2=CCC=C2)cc(C)cc1[Si](C)(C)C(C)(C)C. The van der Waals surface area contributed by atoms with Gasteiger partial charge in [-0.3, -0.25) is 0 Å². The predicted octanol–water partition coefficient (Wildman–Crippen LogP) is 7.22. The van der Waals surface area contributed by atoms with Crippen LogP contribution in [0.2, 0.25) is 18.1 Å². The fourth-order valence-corrected chi connectivity index (χ4v) is 6.47. The Balaban J connectivity index is 2.86. The van der Waals surface area contributed by atoms with Gasteiger partial charge in [-0.15, -0.1) is 0 Å². The van der Waals surface area contributed by atoms with Crippen LogP contribution >= 0.6 is 0 Å². The van der Waals surface area contributed by atoms with Crippen molar-refractivity contribution in [2.45, 2.75) is 84.4 Å². The van der Waals surface area contributed by atoms with E-state index in [-0.39, 0.29) is 10.5 Å². The van der Waals surface area contributed by atoms with E-state index in [1.54, 1.807) is 0 Å².